The first-order valence-corrected chi connectivity index (χ1v) is 10.7. The number of hydrogen-bond acceptors (Lipinski definition) is 4. The lowest BCUT2D eigenvalue weighted by atomic mass is 9.55. The lowest BCUT2D eigenvalue weighted by molar-refractivity contribution is -0.146. The summed E-state index contributed by atoms with van der Waals surface area (Å²) in [6, 6.07) is 8.11. The van der Waals surface area contributed by atoms with Crippen LogP contribution in [0.4, 0.5) is 0 Å². The minimum absolute atomic E-state index is 0.00680. The van der Waals surface area contributed by atoms with Gasteiger partial charge >= 0.3 is 5.97 Å². The van der Waals surface area contributed by atoms with E-state index in [4.69, 9.17) is 9.47 Å². The minimum Gasteiger partial charge on any atom is -0.496 e. The van der Waals surface area contributed by atoms with Crippen molar-refractivity contribution in [2.24, 2.45) is 23.2 Å². The van der Waals surface area contributed by atoms with Gasteiger partial charge < -0.3 is 14.8 Å². The fourth-order valence-electron chi connectivity index (χ4n) is 5.88. The van der Waals surface area contributed by atoms with Crippen LogP contribution in [0.2, 0.25) is 0 Å². The normalized spacial score (nSPS) is 34.5. The second-order valence-corrected chi connectivity index (χ2v) is 9.17. The van der Waals surface area contributed by atoms with Gasteiger partial charge in [-0.15, -0.1) is 0 Å². The average molecular weight is 384 g/mol. The van der Waals surface area contributed by atoms with Gasteiger partial charge in [0.05, 0.1) is 13.0 Å². The number of nitrogens with one attached hydrogen (secondary N) is 1. The molecule has 2 saturated carbocycles. The number of para-hydroxylation sites is 1. The third-order valence-corrected chi connectivity index (χ3v) is 7.45. The van der Waals surface area contributed by atoms with Crippen molar-refractivity contribution >= 4 is 5.97 Å². The van der Waals surface area contributed by atoms with E-state index in [-0.39, 0.29) is 23.4 Å². The van der Waals surface area contributed by atoms with Crippen molar-refractivity contribution in [2.75, 3.05) is 20.2 Å². The first-order chi connectivity index (χ1) is 13.5. The van der Waals surface area contributed by atoms with E-state index in [9.17, 15) is 4.79 Å². The number of allylic oxidation sites excluding steroid dienone is 1. The van der Waals surface area contributed by atoms with Gasteiger partial charge in [-0.3, -0.25) is 4.79 Å². The molecule has 0 unspecified atom stereocenters. The molecular formula is C24H33NO3. The first kappa shape index (κ1) is 19.5. The Morgan fingerprint density at radius 2 is 2.18 bits per heavy atom. The van der Waals surface area contributed by atoms with Crippen LogP contribution in [0.1, 0.15) is 44.6 Å². The van der Waals surface area contributed by atoms with E-state index in [1.165, 1.54) is 24.0 Å². The highest BCUT2D eigenvalue weighted by molar-refractivity contribution is 5.75. The van der Waals surface area contributed by atoms with Crippen molar-refractivity contribution in [3.63, 3.8) is 0 Å². The highest BCUT2D eigenvalue weighted by Crippen LogP contribution is 2.56. The van der Waals surface area contributed by atoms with Gasteiger partial charge in [-0.1, -0.05) is 37.3 Å². The van der Waals surface area contributed by atoms with Crippen molar-refractivity contribution in [3.05, 3.63) is 42.0 Å². The molecule has 4 rings (SSSR count). The van der Waals surface area contributed by atoms with E-state index in [1.807, 2.05) is 18.2 Å². The van der Waals surface area contributed by atoms with Crippen LogP contribution < -0.4 is 10.1 Å². The molecule has 1 saturated heterocycles. The minimum atomic E-state index is -0.0260. The van der Waals surface area contributed by atoms with Gasteiger partial charge in [0.15, 0.2) is 0 Å². The monoisotopic (exact) mass is 383 g/mol. The predicted molar refractivity (Wildman–Crippen MR) is 110 cm³/mol. The Hall–Kier alpha value is -1.81. The molecular weight excluding hydrogens is 350 g/mol. The Morgan fingerprint density at radius 1 is 1.36 bits per heavy atom. The van der Waals surface area contributed by atoms with Crippen molar-refractivity contribution in [1.29, 1.82) is 0 Å². The molecule has 1 aromatic carbocycles. The van der Waals surface area contributed by atoms with Gasteiger partial charge in [-0.25, -0.2) is 0 Å². The summed E-state index contributed by atoms with van der Waals surface area (Å²) in [5, 5.41) is 3.50. The molecule has 0 aromatic heterocycles. The number of fused-ring (bicyclic) bond motifs is 2. The van der Waals surface area contributed by atoms with E-state index in [0.717, 1.165) is 38.0 Å². The van der Waals surface area contributed by atoms with Crippen LogP contribution in [0.3, 0.4) is 0 Å². The second kappa shape index (κ2) is 7.90. The molecule has 1 heterocycles. The van der Waals surface area contributed by atoms with Gasteiger partial charge in [0.2, 0.25) is 0 Å². The molecule has 3 fully saturated rings. The lowest BCUT2D eigenvalue weighted by Gasteiger charge is -2.50. The summed E-state index contributed by atoms with van der Waals surface area (Å²) in [5.41, 5.74) is 2.86. The largest absolute Gasteiger partial charge is 0.496 e. The first-order valence-electron chi connectivity index (χ1n) is 10.7. The molecule has 152 valence electrons. The quantitative estimate of drug-likeness (QED) is 0.456. The zero-order valence-corrected chi connectivity index (χ0v) is 17.2. The van der Waals surface area contributed by atoms with Crippen LogP contribution in [-0.2, 0) is 16.0 Å². The molecule has 2 aliphatic carbocycles. The third kappa shape index (κ3) is 3.59. The van der Waals surface area contributed by atoms with Crippen molar-refractivity contribution < 1.29 is 14.3 Å². The van der Waals surface area contributed by atoms with E-state index in [2.05, 4.69) is 24.9 Å². The Morgan fingerprint density at radius 3 is 3.00 bits per heavy atom. The van der Waals surface area contributed by atoms with Crippen LogP contribution in [0.25, 0.3) is 0 Å². The molecule has 1 aromatic rings. The number of carbonyl (C=O) groups excluding carboxylic acids is 1. The fourth-order valence-corrected chi connectivity index (χ4v) is 5.88. The smallest absolute Gasteiger partial charge is 0.310 e. The van der Waals surface area contributed by atoms with Gasteiger partial charge in [-0.05, 0) is 68.0 Å². The van der Waals surface area contributed by atoms with Crippen LogP contribution >= 0.6 is 0 Å². The average Bonchev–Trinajstić information content (AvgIpc) is 2.97. The van der Waals surface area contributed by atoms with Gasteiger partial charge in [0, 0.05) is 12.5 Å². The van der Waals surface area contributed by atoms with Crippen LogP contribution in [-0.4, -0.2) is 32.3 Å². The molecule has 0 bridgehead atoms. The maximum Gasteiger partial charge on any atom is 0.310 e. The number of rotatable bonds is 6. The summed E-state index contributed by atoms with van der Waals surface area (Å²) in [6.45, 7) is 8.28. The summed E-state index contributed by atoms with van der Waals surface area (Å²) >= 11 is 0. The Kier molecular flexibility index (Phi) is 5.50. The van der Waals surface area contributed by atoms with Crippen molar-refractivity contribution in [3.8, 4) is 5.75 Å². The topological polar surface area (TPSA) is 47.6 Å². The molecule has 28 heavy (non-hydrogen) atoms. The zero-order valence-electron chi connectivity index (χ0n) is 17.2. The molecule has 1 N–H and O–H groups in total. The highest BCUT2D eigenvalue weighted by atomic mass is 16.6. The summed E-state index contributed by atoms with van der Waals surface area (Å²) in [7, 11) is 1.71. The van der Waals surface area contributed by atoms with E-state index in [0.29, 0.717) is 18.4 Å². The van der Waals surface area contributed by atoms with Gasteiger partial charge in [0.25, 0.3) is 0 Å². The summed E-state index contributed by atoms with van der Waals surface area (Å²) < 4.78 is 11.3. The maximum absolute atomic E-state index is 12.6. The molecule has 0 amide bonds. The van der Waals surface area contributed by atoms with Crippen LogP contribution in [0, 0.1) is 23.2 Å². The van der Waals surface area contributed by atoms with E-state index in [1.54, 1.807) is 7.11 Å². The molecule has 0 radical (unpaired) electrons. The molecule has 3 aliphatic rings. The Labute approximate surface area is 168 Å². The van der Waals surface area contributed by atoms with Crippen molar-refractivity contribution in [2.45, 2.75) is 51.6 Å². The standard InChI is InChI=1S/C24H33NO3/c1-16-7-6-11-24(2)14-22-18(13-20(16)24)19(23(26)28-22)15-25-12-10-17-8-4-5-9-21(17)27-3/h4-5,8-9,18-20,22,25H,1,6-7,10-15H2,2-3H3/t18-,19+,20-,22-,24-/m1/s1. The number of benzene rings is 1. The zero-order chi connectivity index (χ0) is 19.7. The van der Waals surface area contributed by atoms with Gasteiger partial charge in [0.1, 0.15) is 11.9 Å². The Balaban J connectivity index is 1.35. The molecule has 4 nitrogen and oxygen atoms in total. The molecule has 4 heteroatoms. The number of ether oxygens (including phenoxy) is 2. The maximum atomic E-state index is 12.6. The predicted octanol–water partition coefficient (Wildman–Crippen LogP) is 4.14. The molecule has 5 atom stereocenters. The summed E-state index contributed by atoms with van der Waals surface area (Å²) in [4.78, 5) is 12.6. The van der Waals surface area contributed by atoms with Crippen LogP contribution in [0.15, 0.2) is 36.4 Å². The Bertz CT molecular complexity index is 745. The lowest BCUT2D eigenvalue weighted by Crippen LogP contribution is -2.45. The number of esters is 1. The van der Waals surface area contributed by atoms with E-state index < -0.39 is 0 Å². The van der Waals surface area contributed by atoms with Crippen molar-refractivity contribution in [1.82, 2.24) is 5.32 Å². The van der Waals surface area contributed by atoms with Crippen LogP contribution in [0.5, 0.6) is 5.75 Å². The molecule has 1 aliphatic heterocycles. The number of methoxy groups -OCH3 is 1. The summed E-state index contributed by atoms with van der Waals surface area (Å²) in [6.07, 6.45) is 6.66. The van der Waals surface area contributed by atoms with E-state index >= 15 is 0 Å². The highest BCUT2D eigenvalue weighted by Gasteiger charge is 2.54. The fraction of sp³-hybridized carbons (Fsp3) is 0.625. The second-order valence-electron chi connectivity index (χ2n) is 9.17. The SMILES string of the molecule is C=C1CCC[C@]2(C)C[C@H]3OC(=O)[C@@H](CNCCc4ccccc4OC)[C@H]3C[C@H]12. The molecule has 0 spiro atoms. The number of hydrogen-bond donors (Lipinski definition) is 1. The number of carbonyl (C=O) groups is 1. The van der Waals surface area contributed by atoms with Gasteiger partial charge in [-0.2, -0.15) is 0 Å². The third-order valence-electron chi connectivity index (χ3n) is 7.45. The summed E-state index contributed by atoms with van der Waals surface area (Å²) in [5.74, 6) is 1.77.